The lowest BCUT2D eigenvalue weighted by Crippen LogP contribution is -2.53. The van der Waals surface area contributed by atoms with E-state index in [0.717, 1.165) is 44.3 Å². The van der Waals surface area contributed by atoms with E-state index in [-0.39, 0.29) is 18.7 Å². The maximum atomic E-state index is 12.2. The number of hydrogen-bond acceptors (Lipinski definition) is 5. The summed E-state index contributed by atoms with van der Waals surface area (Å²) in [6.07, 6.45) is 9.64. The van der Waals surface area contributed by atoms with Crippen LogP contribution in [0.2, 0.25) is 0 Å². The van der Waals surface area contributed by atoms with Crippen LogP contribution in [0, 0.1) is 0 Å². The van der Waals surface area contributed by atoms with E-state index in [1.165, 1.54) is 19.3 Å². The largest absolute Gasteiger partial charge is 0.394 e. The maximum absolute atomic E-state index is 12.2. The van der Waals surface area contributed by atoms with Crippen LogP contribution in [-0.4, -0.2) is 33.4 Å². The lowest BCUT2D eigenvalue weighted by molar-refractivity contribution is 0.161. The molecule has 2 aliphatic carbocycles. The summed E-state index contributed by atoms with van der Waals surface area (Å²) in [4.78, 5) is 16.7. The number of rotatable bonds is 5. The Labute approximate surface area is 142 Å². The molecule has 0 aromatic carbocycles. The van der Waals surface area contributed by atoms with Gasteiger partial charge in [-0.05, 0) is 32.6 Å². The van der Waals surface area contributed by atoms with E-state index in [4.69, 9.17) is 4.52 Å². The average Bonchev–Trinajstić information content (AvgIpc) is 3.25. The molecule has 7 nitrogen and oxygen atoms in total. The van der Waals surface area contributed by atoms with Crippen molar-refractivity contribution in [1.82, 2.24) is 20.8 Å². The van der Waals surface area contributed by atoms with Crippen LogP contribution in [0.1, 0.15) is 88.4 Å². The van der Waals surface area contributed by atoms with Crippen LogP contribution in [-0.2, 0) is 0 Å². The summed E-state index contributed by atoms with van der Waals surface area (Å²) < 4.78 is 5.35. The van der Waals surface area contributed by atoms with Gasteiger partial charge < -0.3 is 20.3 Å². The van der Waals surface area contributed by atoms with Gasteiger partial charge in [0.05, 0.1) is 12.1 Å². The monoisotopic (exact) mass is 336 g/mol. The number of urea groups is 1. The van der Waals surface area contributed by atoms with E-state index < -0.39 is 5.54 Å². The molecular weight excluding hydrogens is 308 g/mol. The van der Waals surface area contributed by atoms with E-state index in [1.807, 2.05) is 6.92 Å². The predicted octanol–water partition coefficient (Wildman–Crippen LogP) is 2.78. The highest BCUT2D eigenvalue weighted by Gasteiger charge is 2.35. The SMILES string of the molecule is CC(NC(=O)NC1(CO)CCCC1)c1nc(C2CCCCC2)no1. The van der Waals surface area contributed by atoms with Crippen molar-refractivity contribution >= 4 is 6.03 Å². The molecule has 1 aromatic rings. The molecule has 3 N–H and O–H groups in total. The smallest absolute Gasteiger partial charge is 0.315 e. The fourth-order valence-electron chi connectivity index (χ4n) is 3.86. The normalized spacial score (nSPS) is 22.2. The Hall–Kier alpha value is -1.63. The number of carbonyl (C=O) groups is 1. The maximum Gasteiger partial charge on any atom is 0.315 e. The molecule has 2 amide bonds. The van der Waals surface area contributed by atoms with Crippen molar-refractivity contribution in [2.45, 2.75) is 82.2 Å². The lowest BCUT2D eigenvalue weighted by atomic mass is 9.89. The van der Waals surface area contributed by atoms with Crippen LogP contribution in [0.25, 0.3) is 0 Å². The molecule has 1 atom stereocenters. The highest BCUT2D eigenvalue weighted by molar-refractivity contribution is 5.75. The zero-order valence-electron chi connectivity index (χ0n) is 14.4. The van der Waals surface area contributed by atoms with Gasteiger partial charge in [0.1, 0.15) is 6.04 Å². The molecule has 2 saturated carbocycles. The Balaban J connectivity index is 1.55. The number of nitrogens with zero attached hydrogens (tertiary/aromatic N) is 2. The Bertz CT molecular complexity index is 548. The molecular formula is C17H28N4O3. The van der Waals surface area contributed by atoms with Crippen molar-refractivity contribution in [2.75, 3.05) is 6.61 Å². The van der Waals surface area contributed by atoms with Gasteiger partial charge >= 0.3 is 6.03 Å². The van der Waals surface area contributed by atoms with E-state index in [1.54, 1.807) is 0 Å². The Morgan fingerprint density at radius 2 is 2.00 bits per heavy atom. The summed E-state index contributed by atoms with van der Waals surface area (Å²) in [6.45, 7) is 1.80. The zero-order valence-corrected chi connectivity index (χ0v) is 14.4. The quantitative estimate of drug-likeness (QED) is 0.767. The number of carbonyl (C=O) groups excluding carboxylic acids is 1. The minimum absolute atomic E-state index is 0.0266. The minimum atomic E-state index is -0.480. The summed E-state index contributed by atoms with van der Waals surface area (Å²) >= 11 is 0. The molecule has 0 radical (unpaired) electrons. The number of amides is 2. The Morgan fingerprint density at radius 1 is 1.29 bits per heavy atom. The van der Waals surface area contributed by atoms with Crippen molar-refractivity contribution in [3.63, 3.8) is 0 Å². The fraction of sp³-hybridized carbons (Fsp3) is 0.824. The van der Waals surface area contributed by atoms with E-state index >= 15 is 0 Å². The summed E-state index contributed by atoms with van der Waals surface area (Å²) in [5.74, 6) is 1.59. The first-order valence-corrected chi connectivity index (χ1v) is 9.15. The van der Waals surface area contributed by atoms with Crippen LogP contribution in [0.15, 0.2) is 4.52 Å². The lowest BCUT2D eigenvalue weighted by Gasteiger charge is -2.28. The van der Waals surface area contributed by atoms with Gasteiger partial charge in [-0.1, -0.05) is 37.3 Å². The summed E-state index contributed by atoms with van der Waals surface area (Å²) in [5.41, 5.74) is -0.480. The molecule has 3 rings (SSSR count). The number of hydrogen-bond donors (Lipinski definition) is 3. The number of aliphatic hydroxyl groups is 1. The van der Waals surface area contributed by atoms with Crippen LogP contribution >= 0.6 is 0 Å². The van der Waals surface area contributed by atoms with Crippen molar-refractivity contribution in [2.24, 2.45) is 0 Å². The average molecular weight is 336 g/mol. The molecule has 24 heavy (non-hydrogen) atoms. The van der Waals surface area contributed by atoms with Crippen molar-refractivity contribution in [3.8, 4) is 0 Å². The number of aromatic nitrogens is 2. The molecule has 1 unspecified atom stereocenters. The molecule has 0 spiro atoms. The summed E-state index contributed by atoms with van der Waals surface area (Å²) in [7, 11) is 0. The molecule has 1 heterocycles. The second-order valence-corrected chi connectivity index (χ2v) is 7.29. The molecule has 1 aromatic heterocycles. The van der Waals surface area contributed by atoms with E-state index in [0.29, 0.717) is 11.8 Å². The third-order valence-electron chi connectivity index (χ3n) is 5.39. The first-order valence-electron chi connectivity index (χ1n) is 9.15. The first kappa shape index (κ1) is 17.2. The predicted molar refractivity (Wildman–Crippen MR) is 88.5 cm³/mol. The fourth-order valence-corrected chi connectivity index (χ4v) is 3.86. The van der Waals surface area contributed by atoms with Crippen LogP contribution in [0.4, 0.5) is 4.79 Å². The molecule has 134 valence electrons. The third-order valence-corrected chi connectivity index (χ3v) is 5.39. The van der Waals surface area contributed by atoms with Gasteiger partial charge in [0.15, 0.2) is 5.82 Å². The highest BCUT2D eigenvalue weighted by Crippen LogP contribution is 2.31. The Kier molecular flexibility index (Phi) is 5.38. The van der Waals surface area contributed by atoms with Crippen LogP contribution < -0.4 is 10.6 Å². The number of aliphatic hydroxyl groups excluding tert-OH is 1. The molecule has 0 aliphatic heterocycles. The molecule has 2 fully saturated rings. The van der Waals surface area contributed by atoms with Crippen molar-refractivity contribution < 1.29 is 14.4 Å². The van der Waals surface area contributed by atoms with Gasteiger partial charge in [-0.25, -0.2) is 4.79 Å². The highest BCUT2D eigenvalue weighted by atomic mass is 16.5. The molecule has 2 aliphatic rings. The molecule has 7 heteroatoms. The van der Waals surface area contributed by atoms with Crippen molar-refractivity contribution in [3.05, 3.63) is 11.7 Å². The van der Waals surface area contributed by atoms with E-state index in [9.17, 15) is 9.90 Å². The topological polar surface area (TPSA) is 100 Å². The molecule has 0 bridgehead atoms. The van der Waals surface area contributed by atoms with Gasteiger partial charge in [-0.3, -0.25) is 0 Å². The first-order chi connectivity index (χ1) is 11.6. The van der Waals surface area contributed by atoms with Gasteiger partial charge in [-0.2, -0.15) is 4.98 Å². The summed E-state index contributed by atoms with van der Waals surface area (Å²) in [6, 6.07) is -0.650. The van der Waals surface area contributed by atoms with Gasteiger partial charge in [0, 0.05) is 5.92 Å². The van der Waals surface area contributed by atoms with Crippen molar-refractivity contribution in [1.29, 1.82) is 0 Å². The van der Waals surface area contributed by atoms with Crippen LogP contribution in [0.5, 0.6) is 0 Å². The van der Waals surface area contributed by atoms with Crippen LogP contribution in [0.3, 0.4) is 0 Å². The van der Waals surface area contributed by atoms with Gasteiger partial charge in [0.25, 0.3) is 0 Å². The second-order valence-electron chi connectivity index (χ2n) is 7.29. The van der Waals surface area contributed by atoms with Gasteiger partial charge in [0.2, 0.25) is 5.89 Å². The number of nitrogens with one attached hydrogen (secondary N) is 2. The molecule has 0 saturated heterocycles. The summed E-state index contributed by atoms with van der Waals surface area (Å²) in [5, 5.41) is 19.4. The van der Waals surface area contributed by atoms with Gasteiger partial charge in [-0.15, -0.1) is 0 Å². The standard InChI is InChI=1S/C17H28N4O3/c1-12(18-16(23)20-17(11-22)9-5-6-10-17)15-19-14(21-24-15)13-7-3-2-4-8-13/h12-13,22H,2-11H2,1H3,(H2,18,20,23). The second kappa shape index (κ2) is 7.51. The minimum Gasteiger partial charge on any atom is -0.394 e. The van der Waals surface area contributed by atoms with E-state index in [2.05, 4.69) is 20.8 Å². The zero-order chi connectivity index (χ0) is 17.0. The Morgan fingerprint density at radius 3 is 2.67 bits per heavy atom. The third kappa shape index (κ3) is 3.88.